The van der Waals surface area contributed by atoms with Gasteiger partial charge in [-0.05, 0) is 37.6 Å². The summed E-state index contributed by atoms with van der Waals surface area (Å²) in [6.07, 6.45) is 2.29. The Labute approximate surface area is 165 Å². The first-order valence-electron chi connectivity index (χ1n) is 9.47. The first-order valence-corrected chi connectivity index (χ1v) is 11.1. The van der Waals surface area contributed by atoms with Crippen LogP contribution in [0.5, 0.6) is 0 Å². The van der Waals surface area contributed by atoms with Crippen LogP contribution in [0.2, 0.25) is 0 Å². The van der Waals surface area contributed by atoms with Gasteiger partial charge >= 0.3 is 0 Å². The van der Waals surface area contributed by atoms with Crippen molar-refractivity contribution >= 4 is 15.7 Å². The molecule has 1 amide bonds. The van der Waals surface area contributed by atoms with Gasteiger partial charge < -0.3 is 9.64 Å². The Bertz CT molecular complexity index is 969. The van der Waals surface area contributed by atoms with Crippen LogP contribution >= 0.6 is 0 Å². The second kappa shape index (κ2) is 7.29. The quantitative estimate of drug-likeness (QED) is 0.769. The maximum absolute atomic E-state index is 12.8. The van der Waals surface area contributed by atoms with E-state index < -0.39 is 14.6 Å². The van der Waals surface area contributed by atoms with Gasteiger partial charge in [0.05, 0.1) is 24.7 Å². The zero-order chi connectivity index (χ0) is 19.8. The van der Waals surface area contributed by atoms with Gasteiger partial charge in [-0.1, -0.05) is 23.8 Å². The lowest BCUT2D eigenvalue weighted by Gasteiger charge is -2.49. The van der Waals surface area contributed by atoms with Crippen molar-refractivity contribution in [3.8, 4) is 0 Å². The van der Waals surface area contributed by atoms with E-state index in [1.165, 1.54) is 0 Å². The molecule has 2 aromatic rings. The van der Waals surface area contributed by atoms with Crippen LogP contribution in [0.4, 0.5) is 0 Å². The Balaban J connectivity index is 1.42. The van der Waals surface area contributed by atoms with Gasteiger partial charge in [-0.3, -0.25) is 9.78 Å². The third-order valence-corrected chi connectivity index (χ3v) is 8.47. The van der Waals surface area contributed by atoms with Crippen molar-refractivity contribution < 1.29 is 17.9 Å². The number of hydrogen-bond acceptors (Lipinski definition) is 5. The molecule has 3 heterocycles. The summed E-state index contributed by atoms with van der Waals surface area (Å²) < 4.78 is 30.5. The average molecular weight is 401 g/mol. The highest BCUT2D eigenvalue weighted by Gasteiger charge is 2.62. The van der Waals surface area contributed by atoms with Crippen molar-refractivity contribution in [1.82, 2.24) is 9.88 Å². The largest absolute Gasteiger partial charge is 0.375 e. The SMILES string of the molecule is Cc1cccc(C(=O)N2CC3(C2)[C@H](COCc2ccccn2)CCS3(=O)=O)c1. The number of rotatable bonds is 5. The van der Waals surface area contributed by atoms with E-state index in [9.17, 15) is 13.2 Å². The number of carbonyl (C=O) groups is 1. The summed E-state index contributed by atoms with van der Waals surface area (Å²) in [4.78, 5) is 18.6. The van der Waals surface area contributed by atoms with Gasteiger partial charge in [-0.15, -0.1) is 0 Å². The molecule has 1 spiro atoms. The second-order valence-corrected chi connectivity index (χ2v) is 10.2. The molecule has 1 aromatic carbocycles. The smallest absolute Gasteiger partial charge is 0.253 e. The molecule has 1 aromatic heterocycles. The number of ether oxygens (including phenoxy) is 1. The highest BCUT2D eigenvalue weighted by atomic mass is 32.2. The van der Waals surface area contributed by atoms with Crippen LogP contribution in [-0.4, -0.2) is 54.4 Å². The molecule has 6 nitrogen and oxygen atoms in total. The van der Waals surface area contributed by atoms with Gasteiger partial charge in [0.25, 0.3) is 5.91 Å². The van der Waals surface area contributed by atoms with Crippen LogP contribution in [0.15, 0.2) is 48.7 Å². The minimum absolute atomic E-state index is 0.0947. The number of nitrogens with zero attached hydrogens (tertiary/aromatic N) is 2. The molecular formula is C21H24N2O4S. The van der Waals surface area contributed by atoms with E-state index in [-0.39, 0.29) is 30.7 Å². The molecule has 0 bridgehead atoms. The molecule has 0 aliphatic carbocycles. The molecule has 2 saturated heterocycles. The van der Waals surface area contributed by atoms with Crippen LogP contribution in [0.25, 0.3) is 0 Å². The molecule has 0 unspecified atom stereocenters. The molecule has 0 N–H and O–H groups in total. The molecular weight excluding hydrogens is 376 g/mol. The topological polar surface area (TPSA) is 76.6 Å². The molecule has 4 rings (SSSR count). The number of pyridine rings is 1. The second-order valence-electron chi connectivity index (χ2n) is 7.74. The maximum atomic E-state index is 12.8. The summed E-state index contributed by atoms with van der Waals surface area (Å²) >= 11 is 0. The van der Waals surface area contributed by atoms with Gasteiger partial charge in [0.2, 0.25) is 0 Å². The number of carbonyl (C=O) groups excluding carboxylic acids is 1. The van der Waals surface area contributed by atoms with Gasteiger partial charge in [-0.25, -0.2) is 8.42 Å². The molecule has 28 heavy (non-hydrogen) atoms. The lowest BCUT2D eigenvalue weighted by molar-refractivity contribution is 0.0204. The molecule has 2 fully saturated rings. The van der Waals surface area contributed by atoms with Gasteiger partial charge in [0.1, 0.15) is 4.75 Å². The van der Waals surface area contributed by atoms with Gasteiger partial charge in [-0.2, -0.15) is 0 Å². The third-order valence-electron chi connectivity index (χ3n) is 5.86. The summed E-state index contributed by atoms with van der Waals surface area (Å²) in [5.74, 6) is -0.0377. The lowest BCUT2D eigenvalue weighted by Crippen LogP contribution is -2.68. The highest BCUT2D eigenvalue weighted by Crippen LogP contribution is 2.45. The molecule has 148 valence electrons. The average Bonchev–Trinajstić information content (AvgIpc) is 2.91. The normalized spacial score (nSPS) is 22.2. The minimum atomic E-state index is -3.24. The number of sulfone groups is 1. The zero-order valence-electron chi connectivity index (χ0n) is 15.9. The number of amides is 1. The third kappa shape index (κ3) is 3.33. The predicted molar refractivity (Wildman–Crippen MR) is 106 cm³/mol. The first kappa shape index (κ1) is 19.1. The van der Waals surface area contributed by atoms with Crippen LogP contribution in [0, 0.1) is 12.8 Å². The van der Waals surface area contributed by atoms with Crippen LogP contribution < -0.4 is 0 Å². The van der Waals surface area contributed by atoms with E-state index in [1.807, 2.05) is 43.3 Å². The van der Waals surface area contributed by atoms with Crippen LogP contribution in [0.3, 0.4) is 0 Å². The number of aromatic nitrogens is 1. The van der Waals surface area contributed by atoms with Crippen molar-refractivity contribution in [3.63, 3.8) is 0 Å². The number of benzene rings is 1. The van der Waals surface area contributed by atoms with Crippen molar-refractivity contribution in [1.29, 1.82) is 0 Å². The van der Waals surface area contributed by atoms with Crippen molar-refractivity contribution in [2.45, 2.75) is 24.7 Å². The summed E-state index contributed by atoms with van der Waals surface area (Å²) in [5, 5.41) is 0. The molecule has 2 aliphatic rings. The predicted octanol–water partition coefficient (Wildman–Crippen LogP) is 2.24. The van der Waals surface area contributed by atoms with Crippen molar-refractivity contribution in [3.05, 3.63) is 65.5 Å². The Morgan fingerprint density at radius 3 is 2.79 bits per heavy atom. The van der Waals surface area contributed by atoms with Gasteiger partial charge in [0.15, 0.2) is 9.84 Å². The Morgan fingerprint density at radius 2 is 2.07 bits per heavy atom. The molecule has 0 radical (unpaired) electrons. The molecule has 0 saturated carbocycles. The van der Waals surface area contributed by atoms with Crippen LogP contribution in [-0.2, 0) is 21.2 Å². The first-order chi connectivity index (χ1) is 13.4. The standard InChI is InChI=1S/C21H24N2O4S/c1-16-5-4-6-17(11-16)20(24)23-14-21(15-23)18(8-10-28(21,25)26)12-27-13-19-7-2-3-9-22-19/h2-7,9,11,18H,8,10,12-15H2,1H3/t18-/m0/s1. The minimum Gasteiger partial charge on any atom is -0.375 e. The summed E-state index contributed by atoms with van der Waals surface area (Å²) in [5.41, 5.74) is 2.44. The number of hydrogen-bond donors (Lipinski definition) is 0. The van der Waals surface area contributed by atoms with Crippen molar-refractivity contribution in [2.24, 2.45) is 5.92 Å². The molecule has 1 atom stereocenters. The summed E-state index contributed by atoms with van der Waals surface area (Å²) in [7, 11) is -3.24. The Kier molecular flexibility index (Phi) is 4.97. The maximum Gasteiger partial charge on any atom is 0.253 e. The number of likely N-dealkylation sites (tertiary alicyclic amines) is 1. The van der Waals surface area contributed by atoms with Gasteiger partial charge in [0, 0.05) is 30.8 Å². The lowest BCUT2D eigenvalue weighted by atomic mass is 9.83. The summed E-state index contributed by atoms with van der Waals surface area (Å²) in [6.45, 7) is 3.16. The Hall–Kier alpha value is -2.25. The molecule has 2 aliphatic heterocycles. The van der Waals surface area contributed by atoms with Crippen molar-refractivity contribution in [2.75, 3.05) is 25.4 Å². The fourth-order valence-electron chi connectivity index (χ4n) is 4.20. The molecule has 7 heteroatoms. The Morgan fingerprint density at radius 1 is 1.25 bits per heavy atom. The fraction of sp³-hybridized carbons (Fsp3) is 0.429. The van der Waals surface area contributed by atoms with E-state index in [2.05, 4.69) is 4.98 Å². The van der Waals surface area contributed by atoms with E-state index in [4.69, 9.17) is 4.74 Å². The fourth-order valence-corrected chi connectivity index (χ4v) is 6.60. The monoisotopic (exact) mass is 400 g/mol. The summed E-state index contributed by atoms with van der Waals surface area (Å²) in [6, 6.07) is 13.0. The van der Waals surface area contributed by atoms with E-state index >= 15 is 0 Å². The van der Waals surface area contributed by atoms with Crippen LogP contribution in [0.1, 0.15) is 28.0 Å². The number of aryl methyl sites for hydroxylation is 1. The van der Waals surface area contributed by atoms with E-state index in [1.54, 1.807) is 17.2 Å². The van der Waals surface area contributed by atoms with E-state index in [0.29, 0.717) is 25.2 Å². The highest BCUT2D eigenvalue weighted by molar-refractivity contribution is 7.93. The van der Waals surface area contributed by atoms with E-state index in [0.717, 1.165) is 11.3 Å². The zero-order valence-corrected chi connectivity index (χ0v) is 16.7.